The fraction of sp³-hybridized carbons (Fsp3) is 0. The molecule has 0 saturated carbocycles. The van der Waals surface area contributed by atoms with Crippen molar-refractivity contribution in [3.63, 3.8) is 0 Å². The topological polar surface area (TPSA) is 41.9 Å². The number of nitrogens with zero attached hydrogens (tertiary/aromatic N) is 4. The Hall–Kier alpha value is -5.35. The van der Waals surface area contributed by atoms with Gasteiger partial charge < -0.3 is 0 Å². The van der Waals surface area contributed by atoms with Crippen LogP contribution in [-0.2, 0) is 0 Å². The third-order valence-electron chi connectivity index (χ3n) is 7.42. The summed E-state index contributed by atoms with van der Waals surface area (Å²) < 4.78 is 0. The van der Waals surface area contributed by atoms with Gasteiger partial charge in [0.1, 0.15) is 11.6 Å². The van der Waals surface area contributed by atoms with E-state index in [2.05, 4.69) is 114 Å². The van der Waals surface area contributed by atoms with E-state index in [-0.39, 0.29) is 0 Å². The third-order valence-corrected chi connectivity index (χ3v) is 7.42. The van der Waals surface area contributed by atoms with Gasteiger partial charge in [0.15, 0.2) is 0 Å². The summed E-state index contributed by atoms with van der Waals surface area (Å²) in [6, 6.07) is 44.0. The predicted octanol–water partition coefficient (Wildman–Crippen LogP) is 8.96. The maximum absolute atomic E-state index is 5.26. The molecule has 1 aliphatic heterocycles. The van der Waals surface area contributed by atoms with E-state index >= 15 is 0 Å². The van der Waals surface area contributed by atoms with E-state index in [4.69, 9.17) is 15.0 Å². The summed E-state index contributed by atoms with van der Waals surface area (Å²) in [5.41, 5.74) is 8.22. The third kappa shape index (κ3) is 3.42. The second kappa shape index (κ2) is 8.61. The van der Waals surface area contributed by atoms with Gasteiger partial charge in [-0.1, -0.05) is 97.1 Å². The number of aromatic nitrogens is 3. The Bertz CT molecular complexity index is 1960. The molecule has 182 valence electrons. The zero-order chi connectivity index (χ0) is 25.8. The first-order valence-electron chi connectivity index (χ1n) is 13.0. The standard InChI is InChI=1S/C35H22N4/c1-3-11-23(12-4-1)25-21-30(24-13-5-2-6-14-24)37-32(22-25)39-31-18-10-8-16-28(31)34-33-27(19-20-36-34)26-15-7-9-17-29(26)38-35(33)39/h1-22H. The normalized spacial score (nSPS) is 12.1. The van der Waals surface area contributed by atoms with Crippen LogP contribution in [-0.4, -0.2) is 15.0 Å². The quantitative estimate of drug-likeness (QED) is 0.228. The van der Waals surface area contributed by atoms with Gasteiger partial charge in [-0.05, 0) is 46.8 Å². The second-order valence-electron chi connectivity index (χ2n) is 9.72. The van der Waals surface area contributed by atoms with Crippen LogP contribution in [0.2, 0.25) is 0 Å². The fourth-order valence-electron chi connectivity index (χ4n) is 5.65. The van der Waals surface area contributed by atoms with Crippen LogP contribution >= 0.6 is 0 Å². The van der Waals surface area contributed by atoms with Crippen LogP contribution in [0.5, 0.6) is 0 Å². The highest BCUT2D eigenvalue weighted by molar-refractivity contribution is 6.19. The molecule has 8 rings (SSSR count). The molecule has 0 bridgehead atoms. The summed E-state index contributed by atoms with van der Waals surface area (Å²) in [6.45, 7) is 0. The highest BCUT2D eigenvalue weighted by Gasteiger charge is 2.30. The number of rotatable bonds is 3. The van der Waals surface area contributed by atoms with E-state index in [9.17, 15) is 0 Å². The molecule has 3 aromatic heterocycles. The van der Waals surface area contributed by atoms with Crippen LogP contribution in [0.4, 0.5) is 17.3 Å². The highest BCUT2D eigenvalue weighted by Crippen LogP contribution is 2.50. The Morgan fingerprint density at radius 1 is 0.538 bits per heavy atom. The Labute approximate surface area is 225 Å². The average Bonchev–Trinajstić information content (AvgIpc) is 3.02. The van der Waals surface area contributed by atoms with E-state index in [0.29, 0.717) is 0 Å². The van der Waals surface area contributed by atoms with E-state index < -0.39 is 0 Å². The summed E-state index contributed by atoms with van der Waals surface area (Å²) in [5.74, 6) is 1.67. The van der Waals surface area contributed by atoms with Crippen LogP contribution in [0.15, 0.2) is 134 Å². The molecular weight excluding hydrogens is 476 g/mol. The lowest BCUT2D eigenvalue weighted by molar-refractivity contribution is 1.14. The lowest BCUT2D eigenvalue weighted by Crippen LogP contribution is -2.18. The molecule has 4 aromatic carbocycles. The van der Waals surface area contributed by atoms with Crippen LogP contribution < -0.4 is 4.90 Å². The molecule has 4 heteroatoms. The minimum Gasteiger partial charge on any atom is -0.278 e. The molecule has 0 saturated heterocycles. The molecule has 0 fully saturated rings. The number of anilines is 3. The molecule has 0 spiro atoms. The molecule has 0 radical (unpaired) electrons. The molecule has 39 heavy (non-hydrogen) atoms. The van der Waals surface area contributed by atoms with Gasteiger partial charge in [0.2, 0.25) is 0 Å². The first-order valence-corrected chi connectivity index (χ1v) is 13.0. The largest absolute Gasteiger partial charge is 0.278 e. The minimum atomic E-state index is 0.821. The van der Waals surface area contributed by atoms with Gasteiger partial charge in [-0.3, -0.25) is 9.88 Å². The average molecular weight is 499 g/mol. The van der Waals surface area contributed by atoms with Crippen molar-refractivity contribution in [1.29, 1.82) is 0 Å². The number of hydrogen-bond donors (Lipinski definition) is 0. The summed E-state index contributed by atoms with van der Waals surface area (Å²) in [4.78, 5) is 17.6. The van der Waals surface area contributed by atoms with Crippen molar-refractivity contribution in [3.8, 4) is 33.6 Å². The SMILES string of the molecule is c1ccc(-c2cc(-c3ccccc3)nc(N3c4ccccc4-c4nccc5c4c3nc3ccccc35)c2)cc1. The van der Waals surface area contributed by atoms with Gasteiger partial charge >= 0.3 is 0 Å². The van der Waals surface area contributed by atoms with Crippen molar-refractivity contribution in [2.45, 2.75) is 0 Å². The number of pyridine rings is 3. The lowest BCUT2D eigenvalue weighted by atomic mass is 9.95. The summed E-state index contributed by atoms with van der Waals surface area (Å²) >= 11 is 0. The highest BCUT2D eigenvalue weighted by atomic mass is 15.3. The van der Waals surface area contributed by atoms with Gasteiger partial charge in [0.05, 0.1) is 28.0 Å². The molecule has 4 heterocycles. The Morgan fingerprint density at radius 3 is 2.10 bits per heavy atom. The van der Waals surface area contributed by atoms with Gasteiger partial charge in [-0.15, -0.1) is 0 Å². The monoisotopic (exact) mass is 498 g/mol. The number of fused-ring (bicyclic) bond motifs is 4. The van der Waals surface area contributed by atoms with E-state index in [1.807, 2.05) is 24.4 Å². The molecular formula is C35H22N4. The van der Waals surface area contributed by atoms with E-state index in [0.717, 1.165) is 72.6 Å². The van der Waals surface area contributed by atoms with Crippen LogP contribution in [0.25, 0.3) is 55.3 Å². The van der Waals surface area contributed by atoms with Crippen molar-refractivity contribution in [2.75, 3.05) is 4.90 Å². The number of hydrogen-bond acceptors (Lipinski definition) is 4. The first kappa shape index (κ1) is 21.7. The second-order valence-corrected chi connectivity index (χ2v) is 9.72. The van der Waals surface area contributed by atoms with E-state index in [1.165, 1.54) is 0 Å². The van der Waals surface area contributed by atoms with Crippen molar-refractivity contribution >= 4 is 39.0 Å². The molecule has 0 aliphatic carbocycles. The smallest absolute Gasteiger partial charge is 0.149 e. The first-order chi connectivity index (χ1) is 19.3. The van der Waals surface area contributed by atoms with Crippen LogP contribution in [0.1, 0.15) is 0 Å². The molecule has 0 unspecified atom stereocenters. The molecule has 1 aliphatic rings. The molecule has 0 N–H and O–H groups in total. The summed E-state index contributed by atoms with van der Waals surface area (Å²) in [5, 5.41) is 3.31. The molecule has 0 atom stereocenters. The Balaban J connectivity index is 1.48. The van der Waals surface area contributed by atoms with E-state index in [1.54, 1.807) is 0 Å². The zero-order valence-electron chi connectivity index (χ0n) is 21.0. The fourth-order valence-corrected chi connectivity index (χ4v) is 5.65. The van der Waals surface area contributed by atoms with Crippen molar-refractivity contribution in [1.82, 2.24) is 15.0 Å². The summed E-state index contributed by atoms with van der Waals surface area (Å²) in [6.07, 6.45) is 1.90. The zero-order valence-corrected chi connectivity index (χ0v) is 21.0. The van der Waals surface area contributed by atoms with Crippen LogP contribution in [0, 0.1) is 0 Å². The predicted molar refractivity (Wildman–Crippen MR) is 159 cm³/mol. The number of benzene rings is 4. The lowest BCUT2D eigenvalue weighted by Gasteiger charge is -2.32. The molecule has 7 aromatic rings. The van der Waals surface area contributed by atoms with Gasteiger partial charge in [-0.2, -0.15) is 0 Å². The molecule has 0 amide bonds. The molecule has 4 nitrogen and oxygen atoms in total. The van der Waals surface area contributed by atoms with Crippen LogP contribution in [0.3, 0.4) is 0 Å². The number of para-hydroxylation sites is 2. The van der Waals surface area contributed by atoms with Gasteiger partial charge in [-0.25, -0.2) is 9.97 Å². The Morgan fingerprint density at radius 2 is 1.26 bits per heavy atom. The summed E-state index contributed by atoms with van der Waals surface area (Å²) in [7, 11) is 0. The van der Waals surface area contributed by atoms with Crippen molar-refractivity contribution < 1.29 is 0 Å². The Kier molecular flexibility index (Phi) is 4.79. The van der Waals surface area contributed by atoms with Gasteiger partial charge in [0.25, 0.3) is 0 Å². The van der Waals surface area contributed by atoms with Gasteiger partial charge in [0, 0.05) is 22.7 Å². The maximum atomic E-state index is 5.26. The van der Waals surface area contributed by atoms with Crippen molar-refractivity contribution in [2.24, 2.45) is 0 Å². The minimum absolute atomic E-state index is 0.821. The van der Waals surface area contributed by atoms with Crippen molar-refractivity contribution in [3.05, 3.63) is 134 Å². The maximum Gasteiger partial charge on any atom is 0.149 e.